The molecule has 1 saturated carbocycles. The Morgan fingerprint density at radius 2 is 1.97 bits per heavy atom. The number of aryl methyl sites for hydroxylation is 1. The number of aromatic nitrogens is 1. The molecule has 29 heavy (non-hydrogen) atoms. The van der Waals surface area contributed by atoms with Gasteiger partial charge in [0.15, 0.2) is 0 Å². The lowest BCUT2D eigenvalue weighted by atomic mass is 9.97. The number of carbonyl (C=O) groups is 1. The Kier molecular flexibility index (Phi) is 5.54. The average molecular weight is 397 g/mol. The molecule has 1 saturated heterocycles. The SMILES string of the molecule is Cc1cc(-c2c(F)cc(N3C[C@@H](C)O[C@@H](C)C3)cc2CNC(=O)C2CC2)ccn1. The van der Waals surface area contributed by atoms with Crippen LogP contribution in [0.25, 0.3) is 11.1 Å². The summed E-state index contributed by atoms with van der Waals surface area (Å²) in [6.45, 7) is 7.69. The van der Waals surface area contributed by atoms with Crippen LogP contribution in [0.1, 0.15) is 37.9 Å². The van der Waals surface area contributed by atoms with Crippen molar-refractivity contribution in [3.8, 4) is 11.1 Å². The zero-order chi connectivity index (χ0) is 20.5. The summed E-state index contributed by atoms with van der Waals surface area (Å²) < 4.78 is 21.2. The molecule has 1 amide bonds. The van der Waals surface area contributed by atoms with E-state index in [4.69, 9.17) is 4.74 Å². The maximum absolute atomic E-state index is 15.4. The molecule has 2 aromatic rings. The first-order valence-electron chi connectivity index (χ1n) is 10.3. The molecule has 2 atom stereocenters. The third kappa shape index (κ3) is 4.58. The van der Waals surface area contributed by atoms with Crippen molar-refractivity contribution in [3.05, 3.63) is 47.5 Å². The molecule has 154 valence electrons. The minimum absolute atomic E-state index is 0.0567. The van der Waals surface area contributed by atoms with E-state index in [1.54, 1.807) is 12.3 Å². The van der Waals surface area contributed by atoms with Crippen LogP contribution >= 0.6 is 0 Å². The van der Waals surface area contributed by atoms with E-state index in [1.165, 1.54) is 0 Å². The van der Waals surface area contributed by atoms with E-state index in [9.17, 15) is 4.79 Å². The van der Waals surface area contributed by atoms with Gasteiger partial charge in [-0.3, -0.25) is 9.78 Å². The maximum Gasteiger partial charge on any atom is 0.223 e. The average Bonchev–Trinajstić information content (AvgIpc) is 3.50. The Labute approximate surface area is 171 Å². The number of amides is 1. The highest BCUT2D eigenvalue weighted by atomic mass is 19.1. The fraction of sp³-hybridized carbons (Fsp3) is 0.478. The summed E-state index contributed by atoms with van der Waals surface area (Å²) in [5.41, 5.74) is 3.75. The summed E-state index contributed by atoms with van der Waals surface area (Å²) in [6, 6.07) is 7.30. The van der Waals surface area contributed by atoms with Gasteiger partial charge in [0.25, 0.3) is 0 Å². The summed E-state index contributed by atoms with van der Waals surface area (Å²) in [5.74, 6) is -0.104. The third-order valence-electron chi connectivity index (χ3n) is 5.53. The number of morpholine rings is 1. The molecule has 2 aliphatic rings. The molecule has 6 heteroatoms. The van der Waals surface area contributed by atoms with Crippen LogP contribution in [0.5, 0.6) is 0 Å². The summed E-state index contributed by atoms with van der Waals surface area (Å²) in [5, 5.41) is 3.00. The van der Waals surface area contributed by atoms with Crippen LogP contribution in [-0.4, -0.2) is 36.2 Å². The number of pyridine rings is 1. The number of rotatable bonds is 5. The Morgan fingerprint density at radius 1 is 1.24 bits per heavy atom. The van der Waals surface area contributed by atoms with Gasteiger partial charge in [0.1, 0.15) is 5.82 Å². The fourth-order valence-electron chi connectivity index (χ4n) is 4.05. The molecule has 0 spiro atoms. The highest BCUT2D eigenvalue weighted by Gasteiger charge is 2.30. The van der Waals surface area contributed by atoms with Crippen LogP contribution in [-0.2, 0) is 16.1 Å². The van der Waals surface area contributed by atoms with E-state index in [0.29, 0.717) is 25.2 Å². The molecule has 0 bridgehead atoms. The number of anilines is 1. The number of halogens is 1. The molecular formula is C23H28FN3O2. The largest absolute Gasteiger partial charge is 0.372 e. The minimum Gasteiger partial charge on any atom is -0.372 e. The molecule has 0 unspecified atom stereocenters. The van der Waals surface area contributed by atoms with E-state index in [0.717, 1.165) is 35.3 Å². The quantitative estimate of drug-likeness (QED) is 0.833. The van der Waals surface area contributed by atoms with Crippen molar-refractivity contribution < 1.29 is 13.9 Å². The Balaban J connectivity index is 1.70. The fourth-order valence-corrected chi connectivity index (χ4v) is 4.05. The normalized spacial score (nSPS) is 21.9. The first-order chi connectivity index (χ1) is 13.9. The molecule has 2 fully saturated rings. The molecule has 2 heterocycles. The van der Waals surface area contributed by atoms with Crippen molar-refractivity contribution in [2.45, 2.75) is 52.4 Å². The molecule has 0 radical (unpaired) electrons. The number of benzene rings is 1. The number of carbonyl (C=O) groups excluding carboxylic acids is 1. The summed E-state index contributed by atoms with van der Waals surface area (Å²) >= 11 is 0. The van der Waals surface area contributed by atoms with E-state index in [2.05, 4.69) is 15.2 Å². The molecule has 1 aliphatic heterocycles. The maximum atomic E-state index is 15.4. The van der Waals surface area contributed by atoms with Gasteiger partial charge >= 0.3 is 0 Å². The van der Waals surface area contributed by atoms with Crippen LogP contribution in [0.2, 0.25) is 0 Å². The van der Waals surface area contributed by atoms with Crippen LogP contribution in [0, 0.1) is 18.7 Å². The summed E-state index contributed by atoms with van der Waals surface area (Å²) in [6.07, 6.45) is 3.75. The second-order valence-electron chi connectivity index (χ2n) is 8.30. The summed E-state index contributed by atoms with van der Waals surface area (Å²) in [7, 11) is 0. The van der Waals surface area contributed by atoms with Crippen molar-refractivity contribution in [1.29, 1.82) is 0 Å². The predicted octanol–water partition coefficient (Wildman–Crippen LogP) is 3.84. The summed E-state index contributed by atoms with van der Waals surface area (Å²) in [4.78, 5) is 18.6. The Morgan fingerprint density at radius 3 is 2.62 bits per heavy atom. The topological polar surface area (TPSA) is 54.5 Å². The molecule has 1 aliphatic carbocycles. The number of hydrogen-bond donors (Lipinski definition) is 1. The monoisotopic (exact) mass is 397 g/mol. The smallest absolute Gasteiger partial charge is 0.223 e. The van der Waals surface area contributed by atoms with Crippen molar-refractivity contribution in [2.75, 3.05) is 18.0 Å². The number of nitrogens with zero attached hydrogens (tertiary/aromatic N) is 2. The lowest BCUT2D eigenvalue weighted by molar-refractivity contribution is -0.122. The zero-order valence-corrected chi connectivity index (χ0v) is 17.2. The van der Waals surface area contributed by atoms with Crippen molar-refractivity contribution >= 4 is 11.6 Å². The second kappa shape index (κ2) is 8.11. The molecule has 1 aromatic carbocycles. The number of ether oxygens (including phenoxy) is 1. The van der Waals surface area contributed by atoms with Gasteiger partial charge < -0.3 is 15.0 Å². The van der Waals surface area contributed by atoms with Crippen molar-refractivity contribution in [2.24, 2.45) is 5.92 Å². The van der Waals surface area contributed by atoms with Gasteiger partial charge in [0.05, 0.1) is 12.2 Å². The van der Waals surface area contributed by atoms with Crippen LogP contribution in [0.3, 0.4) is 0 Å². The molecule has 4 rings (SSSR count). The molecule has 1 N–H and O–H groups in total. The van der Waals surface area contributed by atoms with Crippen LogP contribution in [0.4, 0.5) is 10.1 Å². The molecular weight excluding hydrogens is 369 g/mol. The van der Waals surface area contributed by atoms with E-state index in [1.807, 2.05) is 39.0 Å². The molecule has 1 aromatic heterocycles. The van der Waals surface area contributed by atoms with Gasteiger partial charge in [-0.1, -0.05) is 0 Å². The first-order valence-corrected chi connectivity index (χ1v) is 10.3. The van der Waals surface area contributed by atoms with Gasteiger partial charge in [0.2, 0.25) is 5.91 Å². The highest BCUT2D eigenvalue weighted by molar-refractivity contribution is 5.81. The van der Waals surface area contributed by atoms with E-state index >= 15 is 4.39 Å². The number of hydrogen-bond acceptors (Lipinski definition) is 4. The predicted molar refractivity (Wildman–Crippen MR) is 111 cm³/mol. The zero-order valence-electron chi connectivity index (χ0n) is 17.2. The molecule has 5 nitrogen and oxygen atoms in total. The van der Waals surface area contributed by atoms with Gasteiger partial charge in [-0.05, 0) is 69.0 Å². The third-order valence-corrected chi connectivity index (χ3v) is 5.53. The Hall–Kier alpha value is -2.47. The minimum atomic E-state index is -0.282. The standard InChI is InChI=1S/C23H28FN3O2/c1-14-8-18(6-7-25-14)22-19(11-26-23(28)17-4-5-17)9-20(10-21(22)24)27-12-15(2)29-16(3)13-27/h6-10,15-17H,4-5,11-13H2,1-3H3,(H,26,28)/t15-,16+. The van der Waals surface area contributed by atoms with Gasteiger partial charge in [0, 0.05) is 48.7 Å². The number of nitrogens with one attached hydrogen (secondary N) is 1. The van der Waals surface area contributed by atoms with Crippen LogP contribution < -0.4 is 10.2 Å². The van der Waals surface area contributed by atoms with Gasteiger partial charge in [-0.2, -0.15) is 0 Å². The van der Waals surface area contributed by atoms with Gasteiger partial charge in [-0.15, -0.1) is 0 Å². The van der Waals surface area contributed by atoms with Crippen molar-refractivity contribution in [1.82, 2.24) is 10.3 Å². The lowest BCUT2D eigenvalue weighted by Crippen LogP contribution is -2.45. The second-order valence-corrected chi connectivity index (χ2v) is 8.30. The van der Waals surface area contributed by atoms with Crippen LogP contribution in [0.15, 0.2) is 30.5 Å². The highest BCUT2D eigenvalue weighted by Crippen LogP contribution is 2.33. The lowest BCUT2D eigenvalue weighted by Gasteiger charge is -2.37. The Bertz CT molecular complexity index is 903. The van der Waals surface area contributed by atoms with E-state index < -0.39 is 0 Å². The van der Waals surface area contributed by atoms with E-state index in [-0.39, 0.29) is 29.9 Å². The van der Waals surface area contributed by atoms with Gasteiger partial charge in [-0.25, -0.2) is 4.39 Å². The van der Waals surface area contributed by atoms with Crippen molar-refractivity contribution in [3.63, 3.8) is 0 Å². The first kappa shape index (κ1) is 19.8.